The standard InChI is InChI=1S/C33H36ClFN4O4/c1-42-30-6-2-4-23(30)18-39-29-16-22(33(40)41)9-11-28(29)36-31(39)19-38-14-12-21(13-15-38)27-5-3-7-32(37-27)43-20-24-8-10-25(34)17-26(24)35/h3,5,7-11,16-17,21,23,30H,2,4,6,12-15,18-20H2,1H3,(H,40,41)/t23-,30-/m0/s1. The fourth-order valence-corrected chi connectivity index (χ4v) is 6.66. The minimum absolute atomic E-state index is 0.0822. The molecule has 2 fully saturated rings. The van der Waals surface area contributed by atoms with Crippen LogP contribution < -0.4 is 4.74 Å². The van der Waals surface area contributed by atoms with Gasteiger partial charge in [0.05, 0.1) is 29.2 Å². The molecular weight excluding hydrogens is 571 g/mol. The molecule has 1 N–H and O–H groups in total. The average Bonchev–Trinajstić information content (AvgIpc) is 3.61. The van der Waals surface area contributed by atoms with Crippen LogP contribution in [0.5, 0.6) is 5.88 Å². The molecule has 1 aliphatic heterocycles. The second-order valence-corrected chi connectivity index (χ2v) is 12.0. The zero-order chi connectivity index (χ0) is 29.9. The van der Waals surface area contributed by atoms with Crippen LogP contribution in [0.2, 0.25) is 5.02 Å². The molecule has 0 radical (unpaired) electrons. The molecule has 2 aromatic carbocycles. The SMILES string of the molecule is CO[C@H]1CCC[C@H]1Cn1c(CN2CCC(c3cccc(OCc4ccc(Cl)cc4F)n3)CC2)nc2ccc(C(=O)O)cc21. The van der Waals surface area contributed by atoms with E-state index < -0.39 is 11.8 Å². The first-order chi connectivity index (χ1) is 20.9. The van der Waals surface area contributed by atoms with Gasteiger partial charge in [-0.15, -0.1) is 0 Å². The molecule has 2 aromatic heterocycles. The average molecular weight is 607 g/mol. The summed E-state index contributed by atoms with van der Waals surface area (Å²) in [5.41, 5.74) is 3.37. The molecule has 2 aliphatic rings. The van der Waals surface area contributed by atoms with Crippen molar-refractivity contribution in [2.45, 2.75) is 63.8 Å². The number of halogens is 2. The van der Waals surface area contributed by atoms with Gasteiger partial charge in [-0.1, -0.05) is 30.2 Å². The molecule has 10 heteroatoms. The number of hydrogen-bond acceptors (Lipinski definition) is 6. The van der Waals surface area contributed by atoms with Gasteiger partial charge in [0.1, 0.15) is 18.2 Å². The van der Waals surface area contributed by atoms with Crippen LogP contribution in [0.15, 0.2) is 54.6 Å². The summed E-state index contributed by atoms with van der Waals surface area (Å²) in [7, 11) is 1.78. The third-order valence-corrected chi connectivity index (χ3v) is 9.13. The van der Waals surface area contributed by atoms with Crippen LogP contribution >= 0.6 is 11.6 Å². The Morgan fingerprint density at radius 1 is 1.07 bits per heavy atom. The number of methoxy groups -OCH3 is 1. The van der Waals surface area contributed by atoms with Gasteiger partial charge >= 0.3 is 5.97 Å². The summed E-state index contributed by atoms with van der Waals surface area (Å²) < 4.78 is 28.0. The highest BCUT2D eigenvalue weighted by Gasteiger charge is 2.30. The number of carboxylic acid groups (broad SMARTS) is 1. The highest BCUT2D eigenvalue weighted by molar-refractivity contribution is 6.30. The van der Waals surface area contributed by atoms with Gasteiger partial charge in [0, 0.05) is 47.8 Å². The predicted octanol–water partition coefficient (Wildman–Crippen LogP) is 6.70. The molecule has 2 atom stereocenters. The maximum atomic E-state index is 14.2. The number of piperidine rings is 1. The first-order valence-corrected chi connectivity index (χ1v) is 15.3. The van der Waals surface area contributed by atoms with Crippen LogP contribution in [-0.4, -0.2) is 56.8 Å². The van der Waals surface area contributed by atoms with E-state index in [1.54, 1.807) is 37.4 Å². The van der Waals surface area contributed by atoms with E-state index in [2.05, 4.69) is 9.47 Å². The quantitative estimate of drug-likeness (QED) is 0.215. The largest absolute Gasteiger partial charge is 0.478 e. The van der Waals surface area contributed by atoms with Crippen LogP contribution in [0.3, 0.4) is 0 Å². The Morgan fingerprint density at radius 2 is 1.91 bits per heavy atom. The van der Waals surface area contributed by atoms with Crippen molar-refractivity contribution in [3.05, 3.63) is 88.1 Å². The number of fused-ring (bicyclic) bond motifs is 1. The number of aromatic nitrogens is 3. The molecule has 1 saturated carbocycles. The molecule has 0 amide bonds. The van der Waals surface area contributed by atoms with Gasteiger partial charge in [0.15, 0.2) is 0 Å². The summed E-state index contributed by atoms with van der Waals surface area (Å²) in [5, 5.41) is 9.97. The van der Waals surface area contributed by atoms with Gasteiger partial charge in [-0.25, -0.2) is 19.2 Å². The molecular formula is C33H36ClFN4O4. The molecule has 0 bridgehead atoms. The van der Waals surface area contributed by atoms with Gasteiger partial charge in [-0.2, -0.15) is 0 Å². The minimum atomic E-state index is -0.936. The van der Waals surface area contributed by atoms with Crippen molar-refractivity contribution < 1.29 is 23.8 Å². The monoisotopic (exact) mass is 606 g/mol. The lowest BCUT2D eigenvalue weighted by Crippen LogP contribution is -2.34. The lowest BCUT2D eigenvalue weighted by atomic mass is 9.93. The summed E-state index contributed by atoms with van der Waals surface area (Å²) >= 11 is 5.86. The van der Waals surface area contributed by atoms with Crippen molar-refractivity contribution in [2.24, 2.45) is 5.92 Å². The second kappa shape index (κ2) is 13.0. The predicted molar refractivity (Wildman–Crippen MR) is 162 cm³/mol. The number of hydrogen-bond donors (Lipinski definition) is 1. The van der Waals surface area contributed by atoms with Gasteiger partial charge in [-0.3, -0.25) is 4.90 Å². The Morgan fingerprint density at radius 3 is 2.67 bits per heavy atom. The number of nitrogens with zero attached hydrogens (tertiary/aromatic N) is 4. The molecule has 1 saturated heterocycles. The molecule has 226 valence electrons. The zero-order valence-electron chi connectivity index (χ0n) is 24.2. The van der Waals surface area contributed by atoms with E-state index in [0.29, 0.717) is 34.8 Å². The summed E-state index contributed by atoms with van der Waals surface area (Å²) in [4.78, 5) is 23.9. The molecule has 1 aliphatic carbocycles. The summed E-state index contributed by atoms with van der Waals surface area (Å²) in [6, 6.07) is 15.5. The van der Waals surface area contributed by atoms with Crippen LogP contribution in [0.25, 0.3) is 11.0 Å². The Labute approximate surface area is 255 Å². The number of aromatic carboxylic acids is 1. The summed E-state index contributed by atoms with van der Waals surface area (Å²) in [6.07, 6.45) is 5.37. The fraction of sp³-hybridized carbons (Fsp3) is 0.424. The van der Waals surface area contributed by atoms with Crippen molar-refractivity contribution in [3.63, 3.8) is 0 Å². The van der Waals surface area contributed by atoms with E-state index in [9.17, 15) is 14.3 Å². The number of rotatable bonds is 10. The Bertz CT molecular complexity index is 1600. The Hall–Kier alpha value is -3.53. The van der Waals surface area contributed by atoms with E-state index >= 15 is 0 Å². The number of ether oxygens (including phenoxy) is 2. The number of benzene rings is 2. The van der Waals surface area contributed by atoms with Crippen molar-refractivity contribution in [1.82, 2.24) is 19.4 Å². The molecule has 3 heterocycles. The van der Waals surface area contributed by atoms with E-state index in [-0.39, 0.29) is 18.3 Å². The van der Waals surface area contributed by atoms with E-state index in [1.807, 2.05) is 18.2 Å². The second-order valence-electron chi connectivity index (χ2n) is 11.6. The van der Waals surface area contributed by atoms with Crippen LogP contribution in [0, 0.1) is 11.7 Å². The molecule has 0 spiro atoms. The van der Waals surface area contributed by atoms with E-state index in [1.165, 1.54) is 6.07 Å². The van der Waals surface area contributed by atoms with E-state index in [4.69, 9.17) is 31.0 Å². The highest BCUT2D eigenvalue weighted by atomic mass is 35.5. The molecule has 8 nitrogen and oxygen atoms in total. The first-order valence-electron chi connectivity index (χ1n) is 14.9. The van der Waals surface area contributed by atoms with Gasteiger partial charge < -0.3 is 19.1 Å². The topological polar surface area (TPSA) is 89.7 Å². The van der Waals surface area contributed by atoms with Crippen LogP contribution in [0.4, 0.5) is 4.39 Å². The number of likely N-dealkylation sites (tertiary alicyclic amines) is 1. The number of imidazole rings is 1. The third-order valence-electron chi connectivity index (χ3n) is 8.89. The van der Waals surface area contributed by atoms with Crippen molar-refractivity contribution in [1.29, 1.82) is 0 Å². The molecule has 4 aromatic rings. The number of carbonyl (C=O) groups is 1. The minimum Gasteiger partial charge on any atom is -0.478 e. The molecule has 6 rings (SSSR count). The van der Waals surface area contributed by atoms with Gasteiger partial charge in [0.25, 0.3) is 0 Å². The Balaban J connectivity index is 1.13. The lowest BCUT2D eigenvalue weighted by Gasteiger charge is -2.32. The highest BCUT2D eigenvalue weighted by Crippen LogP contribution is 2.33. The maximum Gasteiger partial charge on any atom is 0.335 e. The fourth-order valence-electron chi connectivity index (χ4n) is 6.50. The third kappa shape index (κ3) is 6.69. The molecule has 0 unspecified atom stereocenters. The number of carboxylic acids is 1. The molecule has 43 heavy (non-hydrogen) atoms. The van der Waals surface area contributed by atoms with Gasteiger partial charge in [-0.05, 0) is 75.2 Å². The Kier molecular flexibility index (Phi) is 8.93. The maximum absolute atomic E-state index is 14.2. The van der Waals surface area contributed by atoms with Crippen molar-refractivity contribution in [2.75, 3.05) is 20.2 Å². The van der Waals surface area contributed by atoms with Gasteiger partial charge in [0.2, 0.25) is 5.88 Å². The normalized spacial score (nSPS) is 19.7. The van der Waals surface area contributed by atoms with Crippen molar-refractivity contribution in [3.8, 4) is 5.88 Å². The summed E-state index contributed by atoms with van der Waals surface area (Å²) in [5.74, 6) is 0.774. The van der Waals surface area contributed by atoms with Crippen LogP contribution in [0.1, 0.15) is 65.5 Å². The van der Waals surface area contributed by atoms with E-state index in [0.717, 1.165) is 74.3 Å². The number of pyridine rings is 1. The van der Waals surface area contributed by atoms with Crippen LogP contribution in [-0.2, 0) is 24.4 Å². The summed E-state index contributed by atoms with van der Waals surface area (Å²) in [6.45, 7) is 3.32. The smallest absolute Gasteiger partial charge is 0.335 e. The lowest BCUT2D eigenvalue weighted by molar-refractivity contribution is 0.0645. The first kappa shape index (κ1) is 29.5. The zero-order valence-corrected chi connectivity index (χ0v) is 25.0. The van der Waals surface area contributed by atoms with Crippen molar-refractivity contribution >= 4 is 28.6 Å².